The van der Waals surface area contributed by atoms with Crippen molar-refractivity contribution >= 4 is 17.7 Å². The molecule has 0 saturated carbocycles. The molecule has 0 aliphatic carbocycles. The van der Waals surface area contributed by atoms with Crippen LogP contribution >= 0.6 is 0 Å². The summed E-state index contributed by atoms with van der Waals surface area (Å²) in [6.07, 6.45) is -5.51. The van der Waals surface area contributed by atoms with Crippen LogP contribution < -0.4 is 10.6 Å². The Morgan fingerprint density at radius 1 is 1.33 bits per heavy atom. The van der Waals surface area contributed by atoms with E-state index in [2.05, 4.69) is 10.6 Å². The molecule has 0 heterocycles. The largest absolute Gasteiger partial charge is 0.478 e. The summed E-state index contributed by atoms with van der Waals surface area (Å²) in [7, 11) is 0. The van der Waals surface area contributed by atoms with E-state index in [0.29, 0.717) is 5.56 Å². The number of nitrogens with one attached hydrogen (secondary N) is 2. The van der Waals surface area contributed by atoms with E-state index in [4.69, 9.17) is 5.11 Å². The summed E-state index contributed by atoms with van der Waals surface area (Å²) in [5.41, 5.74) is 0.561. The molecule has 0 aromatic heterocycles. The van der Waals surface area contributed by atoms with Crippen molar-refractivity contribution in [2.45, 2.75) is 32.5 Å². The highest BCUT2D eigenvalue weighted by molar-refractivity contribution is 5.95. The Morgan fingerprint density at radius 3 is 2.48 bits per heavy atom. The van der Waals surface area contributed by atoms with Gasteiger partial charge in [0.05, 0.1) is 12.0 Å². The third-order valence-corrected chi connectivity index (χ3v) is 2.73. The number of benzene rings is 1. The van der Waals surface area contributed by atoms with Gasteiger partial charge in [-0.05, 0) is 31.5 Å². The fourth-order valence-corrected chi connectivity index (χ4v) is 1.78. The van der Waals surface area contributed by atoms with Crippen molar-refractivity contribution in [1.29, 1.82) is 0 Å². The first-order valence-corrected chi connectivity index (χ1v) is 6.07. The zero-order chi connectivity index (χ0) is 16.2. The highest BCUT2D eigenvalue weighted by Gasteiger charge is 2.30. The minimum Gasteiger partial charge on any atom is -0.478 e. The Morgan fingerprint density at radius 2 is 1.95 bits per heavy atom. The molecule has 8 heteroatoms. The molecule has 1 atom stereocenters. The lowest BCUT2D eigenvalue weighted by molar-refractivity contribution is -0.138. The third kappa shape index (κ3) is 5.33. The summed E-state index contributed by atoms with van der Waals surface area (Å²) in [4.78, 5) is 22.5. The summed E-state index contributed by atoms with van der Waals surface area (Å²) in [5.74, 6) is -1.15. The molecule has 0 fully saturated rings. The lowest BCUT2D eigenvalue weighted by atomic mass is 10.1. The molecule has 1 rings (SSSR count). The SMILES string of the molecule is Cc1c(NC(=O)NC(C)CC(F)(F)F)cccc1C(=O)O. The molecule has 0 aliphatic heterocycles. The first-order chi connectivity index (χ1) is 9.60. The molecule has 1 unspecified atom stereocenters. The van der Waals surface area contributed by atoms with Gasteiger partial charge >= 0.3 is 18.2 Å². The number of amides is 2. The van der Waals surface area contributed by atoms with Crippen LogP contribution in [0.2, 0.25) is 0 Å². The summed E-state index contributed by atoms with van der Waals surface area (Å²) in [5, 5.41) is 13.4. The average molecular weight is 304 g/mol. The number of alkyl halides is 3. The van der Waals surface area contributed by atoms with Gasteiger partial charge in [-0.15, -0.1) is 0 Å². The normalized spacial score (nSPS) is 12.6. The highest BCUT2D eigenvalue weighted by Crippen LogP contribution is 2.22. The van der Waals surface area contributed by atoms with Crippen molar-refractivity contribution in [1.82, 2.24) is 5.32 Å². The molecule has 1 aromatic rings. The van der Waals surface area contributed by atoms with Crippen LogP contribution in [0.3, 0.4) is 0 Å². The van der Waals surface area contributed by atoms with Crippen LogP contribution in [0.15, 0.2) is 18.2 Å². The van der Waals surface area contributed by atoms with E-state index in [0.717, 1.165) is 0 Å². The van der Waals surface area contributed by atoms with E-state index in [-0.39, 0.29) is 11.3 Å². The Labute approximate surface area is 119 Å². The molecule has 0 aliphatic rings. The van der Waals surface area contributed by atoms with E-state index in [1.54, 1.807) is 0 Å². The molecule has 0 spiro atoms. The standard InChI is InChI=1S/C13H15F3N2O3/c1-7(6-13(14,15)16)17-12(21)18-10-5-3-4-9(8(10)2)11(19)20/h3-5,7H,6H2,1-2H3,(H,19,20)(H2,17,18,21). The molecule has 0 saturated heterocycles. The maximum Gasteiger partial charge on any atom is 0.391 e. The topological polar surface area (TPSA) is 78.4 Å². The number of rotatable bonds is 4. The molecular weight excluding hydrogens is 289 g/mol. The second kappa shape index (κ2) is 6.47. The molecule has 0 bridgehead atoms. The van der Waals surface area contributed by atoms with Crippen LogP contribution in [-0.4, -0.2) is 29.3 Å². The quantitative estimate of drug-likeness (QED) is 0.799. The predicted molar refractivity (Wildman–Crippen MR) is 70.4 cm³/mol. The van der Waals surface area contributed by atoms with Crippen LogP contribution in [0.4, 0.5) is 23.7 Å². The van der Waals surface area contributed by atoms with E-state index >= 15 is 0 Å². The van der Waals surface area contributed by atoms with Crippen LogP contribution in [0, 0.1) is 6.92 Å². The first-order valence-electron chi connectivity index (χ1n) is 6.07. The molecule has 116 valence electrons. The molecular formula is C13H15F3N2O3. The second-order valence-corrected chi connectivity index (χ2v) is 4.60. The van der Waals surface area contributed by atoms with Gasteiger partial charge < -0.3 is 15.7 Å². The van der Waals surface area contributed by atoms with Crippen molar-refractivity contribution < 1.29 is 27.9 Å². The Hall–Kier alpha value is -2.25. The Balaban J connectivity index is 2.72. The number of carbonyl (C=O) groups excluding carboxylic acids is 1. The molecule has 2 amide bonds. The fourth-order valence-electron chi connectivity index (χ4n) is 1.78. The van der Waals surface area contributed by atoms with E-state index in [9.17, 15) is 22.8 Å². The number of hydrogen-bond donors (Lipinski definition) is 3. The van der Waals surface area contributed by atoms with E-state index in [1.807, 2.05) is 0 Å². The second-order valence-electron chi connectivity index (χ2n) is 4.60. The lowest BCUT2D eigenvalue weighted by Gasteiger charge is -2.17. The predicted octanol–water partition coefficient (Wildman–Crippen LogP) is 3.16. The summed E-state index contributed by atoms with van der Waals surface area (Å²) < 4.78 is 36.5. The Kier molecular flexibility index (Phi) is 5.17. The smallest absolute Gasteiger partial charge is 0.391 e. The number of carboxylic acid groups (broad SMARTS) is 1. The molecule has 21 heavy (non-hydrogen) atoms. The molecule has 1 aromatic carbocycles. The highest BCUT2D eigenvalue weighted by atomic mass is 19.4. The van der Waals surface area contributed by atoms with E-state index < -0.39 is 30.6 Å². The average Bonchev–Trinajstić information content (AvgIpc) is 2.28. The van der Waals surface area contributed by atoms with Crippen molar-refractivity contribution in [2.75, 3.05) is 5.32 Å². The maximum absolute atomic E-state index is 12.2. The molecule has 5 nitrogen and oxygen atoms in total. The number of aromatic carboxylic acids is 1. The monoisotopic (exact) mass is 304 g/mol. The summed E-state index contributed by atoms with van der Waals surface area (Å²) in [6, 6.07) is 2.36. The van der Waals surface area contributed by atoms with Gasteiger partial charge in [0.15, 0.2) is 0 Å². The van der Waals surface area contributed by atoms with Crippen LogP contribution in [0.5, 0.6) is 0 Å². The zero-order valence-corrected chi connectivity index (χ0v) is 11.4. The van der Waals surface area contributed by atoms with Gasteiger partial charge in [0.1, 0.15) is 0 Å². The van der Waals surface area contributed by atoms with Gasteiger partial charge in [-0.2, -0.15) is 13.2 Å². The lowest BCUT2D eigenvalue weighted by Crippen LogP contribution is -2.38. The maximum atomic E-state index is 12.2. The number of halogens is 3. The minimum absolute atomic E-state index is 0.0103. The summed E-state index contributed by atoms with van der Waals surface area (Å²) in [6.45, 7) is 2.73. The number of carboxylic acids is 1. The van der Waals surface area contributed by atoms with Crippen molar-refractivity contribution in [3.63, 3.8) is 0 Å². The number of anilines is 1. The number of hydrogen-bond acceptors (Lipinski definition) is 2. The fraction of sp³-hybridized carbons (Fsp3) is 0.385. The number of carbonyl (C=O) groups is 2. The van der Waals surface area contributed by atoms with Gasteiger partial charge in [-0.1, -0.05) is 6.07 Å². The third-order valence-electron chi connectivity index (χ3n) is 2.73. The van der Waals surface area contributed by atoms with Crippen LogP contribution in [0.1, 0.15) is 29.3 Å². The van der Waals surface area contributed by atoms with E-state index in [1.165, 1.54) is 32.0 Å². The van der Waals surface area contributed by atoms with Gasteiger partial charge in [0.25, 0.3) is 0 Å². The van der Waals surface area contributed by atoms with Gasteiger partial charge in [0.2, 0.25) is 0 Å². The first kappa shape index (κ1) is 16.8. The zero-order valence-electron chi connectivity index (χ0n) is 11.4. The van der Waals surface area contributed by atoms with Gasteiger partial charge in [-0.25, -0.2) is 9.59 Å². The van der Waals surface area contributed by atoms with Crippen molar-refractivity contribution in [3.05, 3.63) is 29.3 Å². The number of urea groups is 1. The molecule has 0 radical (unpaired) electrons. The summed E-state index contributed by atoms with van der Waals surface area (Å²) >= 11 is 0. The van der Waals surface area contributed by atoms with Gasteiger partial charge in [0, 0.05) is 11.7 Å². The van der Waals surface area contributed by atoms with Gasteiger partial charge in [-0.3, -0.25) is 0 Å². The Bertz CT molecular complexity index is 544. The van der Waals surface area contributed by atoms with Crippen LogP contribution in [0.25, 0.3) is 0 Å². The van der Waals surface area contributed by atoms with Crippen molar-refractivity contribution in [3.8, 4) is 0 Å². The minimum atomic E-state index is -4.37. The van der Waals surface area contributed by atoms with Crippen molar-refractivity contribution in [2.24, 2.45) is 0 Å². The molecule has 3 N–H and O–H groups in total. The van der Waals surface area contributed by atoms with Crippen LogP contribution in [-0.2, 0) is 0 Å².